The highest BCUT2D eigenvalue weighted by Gasteiger charge is 2.14. The fourth-order valence-corrected chi connectivity index (χ4v) is 1.16. The number of hydrogen-bond donors (Lipinski definition) is 1. The summed E-state index contributed by atoms with van der Waals surface area (Å²) < 4.78 is 6.95. The fourth-order valence-electron chi connectivity index (χ4n) is 1.16. The molecule has 0 fully saturated rings. The van der Waals surface area contributed by atoms with Crippen molar-refractivity contribution in [3.8, 4) is 0 Å². The van der Waals surface area contributed by atoms with Crippen molar-refractivity contribution in [3.05, 3.63) is 24.3 Å². The Morgan fingerprint density at radius 3 is 2.82 bits per heavy atom. The second kappa shape index (κ2) is 5.52. The van der Waals surface area contributed by atoms with Gasteiger partial charge in [-0.15, -0.1) is 0 Å². The van der Waals surface area contributed by atoms with Crippen molar-refractivity contribution in [3.63, 3.8) is 0 Å². The number of imidazole rings is 1. The first-order valence-electron chi connectivity index (χ1n) is 5.48. The number of aryl methyl sites for hydroxylation is 1. The van der Waals surface area contributed by atoms with Crippen molar-refractivity contribution in [1.29, 1.82) is 0 Å². The molecule has 0 atom stereocenters. The molecule has 94 valence electrons. The molecule has 0 aliphatic rings. The molecule has 0 bridgehead atoms. The fraction of sp³-hybridized carbons (Fsp3) is 0.500. The molecule has 17 heavy (non-hydrogen) atoms. The number of nitrogens with one attached hydrogen (secondary N) is 1. The van der Waals surface area contributed by atoms with Gasteiger partial charge in [-0.1, -0.05) is 6.08 Å². The zero-order valence-corrected chi connectivity index (χ0v) is 10.7. The standard InChI is InChI=1S/C12H19N3O2/c1-12(2,3)17-11(16)13-7-5-6-10-8-15(4)9-14-10/h5-6,8-9H,7H2,1-4H3,(H,13,16). The van der Waals surface area contributed by atoms with Crippen LogP contribution in [0.1, 0.15) is 26.5 Å². The van der Waals surface area contributed by atoms with E-state index in [9.17, 15) is 4.79 Å². The molecule has 0 radical (unpaired) electrons. The minimum atomic E-state index is -0.464. The zero-order valence-electron chi connectivity index (χ0n) is 10.7. The number of nitrogens with zero attached hydrogens (tertiary/aromatic N) is 2. The van der Waals surface area contributed by atoms with E-state index in [2.05, 4.69) is 10.3 Å². The van der Waals surface area contributed by atoms with E-state index in [-0.39, 0.29) is 0 Å². The Balaban J connectivity index is 2.28. The average Bonchev–Trinajstić information content (AvgIpc) is 2.56. The van der Waals surface area contributed by atoms with E-state index in [0.717, 1.165) is 5.69 Å². The predicted octanol–water partition coefficient (Wildman–Crippen LogP) is 1.96. The van der Waals surface area contributed by atoms with Crippen LogP contribution in [0.5, 0.6) is 0 Å². The van der Waals surface area contributed by atoms with E-state index in [1.54, 1.807) is 6.33 Å². The maximum atomic E-state index is 11.3. The minimum Gasteiger partial charge on any atom is -0.444 e. The van der Waals surface area contributed by atoms with Gasteiger partial charge in [0.1, 0.15) is 5.60 Å². The maximum Gasteiger partial charge on any atom is 0.407 e. The molecule has 0 unspecified atom stereocenters. The van der Waals surface area contributed by atoms with Crippen LogP contribution in [0.15, 0.2) is 18.6 Å². The van der Waals surface area contributed by atoms with Crippen LogP contribution in [-0.4, -0.2) is 27.8 Å². The number of rotatable bonds is 3. The summed E-state index contributed by atoms with van der Waals surface area (Å²) in [4.78, 5) is 15.4. The van der Waals surface area contributed by atoms with Gasteiger partial charge in [-0.05, 0) is 26.8 Å². The summed E-state index contributed by atoms with van der Waals surface area (Å²) >= 11 is 0. The highest BCUT2D eigenvalue weighted by atomic mass is 16.6. The van der Waals surface area contributed by atoms with Gasteiger partial charge in [-0.3, -0.25) is 0 Å². The van der Waals surface area contributed by atoms with Crippen molar-refractivity contribution in [2.45, 2.75) is 26.4 Å². The summed E-state index contributed by atoms with van der Waals surface area (Å²) in [6.07, 6.45) is 6.87. The summed E-state index contributed by atoms with van der Waals surface area (Å²) in [6.45, 7) is 5.91. The lowest BCUT2D eigenvalue weighted by Gasteiger charge is -2.19. The van der Waals surface area contributed by atoms with Crippen molar-refractivity contribution in [2.24, 2.45) is 7.05 Å². The number of carbonyl (C=O) groups excluding carboxylic acids is 1. The third kappa shape index (κ3) is 5.75. The number of ether oxygens (including phenoxy) is 1. The largest absolute Gasteiger partial charge is 0.444 e. The van der Waals surface area contributed by atoms with Crippen LogP contribution in [0.4, 0.5) is 4.79 Å². The molecule has 1 heterocycles. The highest BCUT2D eigenvalue weighted by molar-refractivity contribution is 5.68. The van der Waals surface area contributed by atoms with Crippen molar-refractivity contribution < 1.29 is 9.53 Å². The van der Waals surface area contributed by atoms with E-state index in [1.165, 1.54) is 0 Å². The van der Waals surface area contributed by atoms with E-state index in [1.807, 2.05) is 50.7 Å². The Kier molecular flexibility index (Phi) is 4.31. The first-order valence-corrected chi connectivity index (χ1v) is 5.48. The van der Waals surface area contributed by atoms with E-state index >= 15 is 0 Å². The first-order chi connectivity index (χ1) is 7.87. The number of carbonyl (C=O) groups is 1. The lowest BCUT2D eigenvalue weighted by atomic mass is 10.2. The summed E-state index contributed by atoms with van der Waals surface area (Å²) in [5.74, 6) is 0. The quantitative estimate of drug-likeness (QED) is 0.874. The zero-order chi connectivity index (χ0) is 12.9. The molecule has 1 N–H and O–H groups in total. The first kappa shape index (κ1) is 13.3. The van der Waals surface area contributed by atoms with Crippen LogP contribution >= 0.6 is 0 Å². The lowest BCUT2D eigenvalue weighted by molar-refractivity contribution is 0.0534. The van der Waals surface area contributed by atoms with Gasteiger partial charge in [0.2, 0.25) is 0 Å². The second-order valence-corrected chi connectivity index (χ2v) is 4.75. The van der Waals surface area contributed by atoms with Crippen molar-refractivity contribution in [2.75, 3.05) is 6.54 Å². The Morgan fingerprint density at radius 2 is 2.29 bits per heavy atom. The molecule has 0 aliphatic carbocycles. The van der Waals surface area contributed by atoms with Gasteiger partial charge >= 0.3 is 6.09 Å². The molecule has 0 aliphatic heterocycles. The summed E-state index contributed by atoms with van der Waals surface area (Å²) in [7, 11) is 1.91. The van der Waals surface area contributed by atoms with Gasteiger partial charge in [0, 0.05) is 19.8 Å². The predicted molar refractivity (Wildman–Crippen MR) is 66.5 cm³/mol. The smallest absolute Gasteiger partial charge is 0.407 e. The van der Waals surface area contributed by atoms with Gasteiger partial charge < -0.3 is 14.6 Å². The van der Waals surface area contributed by atoms with Gasteiger partial charge in [0.15, 0.2) is 0 Å². The highest BCUT2D eigenvalue weighted by Crippen LogP contribution is 2.06. The molecule has 1 rings (SSSR count). The third-order valence-electron chi connectivity index (χ3n) is 1.78. The maximum absolute atomic E-state index is 11.3. The second-order valence-electron chi connectivity index (χ2n) is 4.75. The number of hydrogen-bond acceptors (Lipinski definition) is 3. The van der Waals surface area contributed by atoms with Crippen molar-refractivity contribution >= 4 is 12.2 Å². The molecule has 0 saturated carbocycles. The van der Waals surface area contributed by atoms with Crippen LogP contribution in [0.3, 0.4) is 0 Å². The van der Waals surface area contributed by atoms with E-state index in [4.69, 9.17) is 4.74 Å². The SMILES string of the molecule is Cn1cnc(C=CCNC(=O)OC(C)(C)C)c1. The summed E-state index contributed by atoms with van der Waals surface area (Å²) in [5, 5.41) is 2.63. The molecule has 1 aromatic heterocycles. The van der Waals surface area contributed by atoms with Gasteiger partial charge in [0.25, 0.3) is 0 Å². The van der Waals surface area contributed by atoms with E-state index < -0.39 is 11.7 Å². The monoisotopic (exact) mass is 237 g/mol. The molecule has 0 saturated heterocycles. The Bertz CT molecular complexity index is 402. The van der Waals surface area contributed by atoms with Crippen LogP contribution in [0.25, 0.3) is 6.08 Å². The Morgan fingerprint density at radius 1 is 1.59 bits per heavy atom. The lowest BCUT2D eigenvalue weighted by Crippen LogP contribution is -2.32. The molecule has 0 aromatic carbocycles. The molecular formula is C12H19N3O2. The number of aromatic nitrogens is 2. The van der Waals surface area contributed by atoms with Gasteiger partial charge in [0.05, 0.1) is 12.0 Å². The van der Waals surface area contributed by atoms with Gasteiger partial charge in [-0.2, -0.15) is 0 Å². The average molecular weight is 237 g/mol. The molecule has 5 heteroatoms. The number of amides is 1. The molecule has 0 spiro atoms. The molecule has 1 aromatic rings. The van der Waals surface area contributed by atoms with Crippen LogP contribution in [-0.2, 0) is 11.8 Å². The summed E-state index contributed by atoms with van der Waals surface area (Å²) in [6, 6.07) is 0. The van der Waals surface area contributed by atoms with Crippen LogP contribution in [0.2, 0.25) is 0 Å². The topological polar surface area (TPSA) is 56.2 Å². The van der Waals surface area contributed by atoms with E-state index in [0.29, 0.717) is 6.54 Å². The summed E-state index contributed by atoms with van der Waals surface area (Å²) in [5.41, 5.74) is 0.396. The normalized spacial score (nSPS) is 11.8. The molecule has 5 nitrogen and oxygen atoms in total. The Hall–Kier alpha value is -1.78. The minimum absolute atomic E-state index is 0.414. The molecular weight excluding hydrogens is 218 g/mol. The van der Waals surface area contributed by atoms with Crippen LogP contribution < -0.4 is 5.32 Å². The molecule has 1 amide bonds. The Labute approximate surface area is 101 Å². The van der Waals surface area contributed by atoms with Gasteiger partial charge in [-0.25, -0.2) is 9.78 Å². The number of alkyl carbamates (subject to hydrolysis) is 1. The van der Waals surface area contributed by atoms with Crippen molar-refractivity contribution in [1.82, 2.24) is 14.9 Å². The van der Waals surface area contributed by atoms with Crippen LogP contribution in [0, 0.1) is 0 Å². The third-order valence-corrected chi connectivity index (χ3v) is 1.78.